The van der Waals surface area contributed by atoms with Crippen LogP contribution in [0.2, 0.25) is 0 Å². The molecule has 1 heterocycles. The third-order valence-corrected chi connectivity index (χ3v) is 6.29. The van der Waals surface area contributed by atoms with E-state index in [4.69, 9.17) is 9.15 Å². The lowest BCUT2D eigenvalue weighted by molar-refractivity contribution is 0.0701. The minimum Gasteiger partial charge on any atom is -0.457 e. The van der Waals surface area contributed by atoms with Crippen molar-refractivity contribution < 1.29 is 22.4 Å². The third kappa shape index (κ3) is 3.72. The molecule has 0 saturated carbocycles. The molecule has 0 saturated heterocycles. The van der Waals surface area contributed by atoms with Gasteiger partial charge in [0.25, 0.3) is 10.0 Å². The van der Waals surface area contributed by atoms with E-state index in [0.717, 1.165) is 10.8 Å². The van der Waals surface area contributed by atoms with Crippen molar-refractivity contribution in [2.24, 2.45) is 0 Å². The molecule has 0 aliphatic rings. The van der Waals surface area contributed by atoms with Gasteiger partial charge >= 0.3 is 5.97 Å². The van der Waals surface area contributed by atoms with Crippen LogP contribution in [0.3, 0.4) is 0 Å². The first-order chi connectivity index (χ1) is 13.9. The third-order valence-electron chi connectivity index (χ3n) is 4.51. The molecule has 0 spiro atoms. The fourth-order valence-electron chi connectivity index (χ4n) is 2.90. The normalized spacial score (nSPS) is 11.3. The lowest BCUT2D eigenvalue weighted by Crippen LogP contribution is -2.26. The quantitative estimate of drug-likeness (QED) is 0.360. The Bertz CT molecular complexity index is 1260. The Morgan fingerprint density at radius 2 is 1.62 bits per heavy atom. The number of nitrogens with zero attached hydrogens (tertiary/aromatic N) is 1. The summed E-state index contributed by atoms with van der Waals surface area (Å²) in [7, 11) is -2.26. The number of fused-ring (bicyclic) bond motifs is 1. The van der Waals surface area contributed by atoms with E-state index >= 15 is 0 Å². The van der Waals surface area contributed by atoms with Gasteiger partial charge in [-0.3, -0.25) is 4.31 Å². The van der Waals surface area contributed by atoms with Crippen LogP contribution in [0.25, 0.3) is 10.8 Å². The van der Waals surface area contributed by atoms with Gasteiger partial charge in [0.1, 0.15) is 5.75 Å². The van der Waals surface area contributed by atoms with E-state index in [9.17, 15) is 13.2 Å². The number of furan rings is 1. The highest BCUT2D eigenvalue weighted by atomic mass is 32.2. The van der Waals surface area contributed by atoms with Crippen LogP contribution in [0.15, 0.2) is 94.4 Å². The summed E-state index contributed by atoms with van der Waals surface area (Å²) in [5.74, 6) is -0.253. The maximum atomic E-state index is 13.0. The van der Waals surface area contributed by atoms with Crippen LogP contribution < -0.4 is 9.04 Å². The summed E-state index contributed by atoms with van der Waals surface area (Å²) in [6.45, 7) is 0. The molecule has 7 heteroatoms. The van der Waals surface area contributed by atoms with Gasteiger partial charge in [-0.1, -0.05) is 30.3 Å². The molecular formula is C22H17NO5S. The lowest BCUT2D eigenvalue weighted by atomic mass is 10.1. The molecule has 0 aliphatic carbocycles. The fourth-order valence-corrected chi connectivity index (χ4v) is 4.13. The van der Waals surface area contributed by atoms with Crippen LogP contribution in [0, 0.1) is 0 Å². The zero-order valence-corrected chi connectivity index (χ0v) is 16.3. The SMILES string of the molecule is CN(c1ccc(OC(=O)c2ccco2)cc1)S(=O)(=O)c1ccc2ccccc2c1. The second kappa shape index (κ2) is 7.44. The highest BCUT2D eigenvalue weighted by molar-refractivity contribution is 7.92. The van der Waals surface area contributed by atoms with Gasteiger partial charge in [0.05, 0.1) is 16.8 Å². The van der Waals surface area contributed by atoms with Gasteiger partial charge in [-0.05, 0) is 59.3 Å². The van der Waals surface area contributed by atoms with Gasteiger partial charge < -0.3 is 9.15 Å². The number of carbonyl (C=O) groups is 1. The van der Waals surface area contributed by atoms with Crippen molar-refractivity contribution >= 4 is 32.5 Å². The van der Waals surface area contributed by atoms with Crippen LogP contribution in [0.4, 0.5) is 5.69 Å². The molecule has 0 amide bonds. The van der Waals surface area contributed by atoms with Crippen molar-refractivity contribution in [1.82, 2.24) is 0 Å². The van der Waals surface area contributed by atoms with E-state index in [-0.39, 0.29) is 16.4 Å². The fraction of sp³-hybridized carbons (Fsp3) is 0.0455. The molecule has 0 atom stereocenters. The summed E-state index contributed by atoms with van der Waals surface area (Å²) in [4.78, 5) is 12.1. The average molecular weight is 407 g/mol. The molecule has 0 N–H and O–H groups in total. The van der Waals surface area contributed by atoms with E-state index in [1.807, 2.05) is 24.3 Å². The standard InChI is InChI=1S/C22H17NO5S/c1-23(29(25,26)20-13-8-16-5-2-3-6-17(16)15-20)18-9-11-19(12-10-18)28-22(24)21-7-4-14-27-21/h2-15H,1H3. The monoisotopic (exact) mass is 407 g/mol. The molecule has 4 rings (SSSR count). The van der Waals surface area contributed by atoms with Gasteiger partial charge in [0, 0.05) is 7.05 Å². The topological polar surface area (TPSA) is 76.8 Å². The Balaban J connectivity index is 1.56. The molecule has 1 aromatic heterocycles. The predicted octanol–water partition coefficient (Wildman–Crippen LogP) is 4.48. The molecule has 6 nitrogen and oxygen atoms in total. The Morgan fingerprint density at radius 1 is 0.897 bits per heavy atom. The lowest BCUT2D eigenvalue weighted by Gasteiger charge is -2.20. The number of hydrogen-bond acceptors (Lipinski definition) is 5. The van der Waals surface area contributed by atoms with Gasteiger partial charge in [-0.2, -0.15) is 0 Å². The van der Waals surface area contributed by atoms with Crippen LogP contribution in [0.5, 0.6) is 5.75 Å². The minimum absolute atomic E-state index is 0.0880. The van der Waals surface area contributed by atoms with E-state index < -0.39 is 16.0 Å². The summed E-state index contributed by atoms with van der Waals surface area (Å²) in [5.41, 5.74) is 0.441. The van der Waals surface area contributed by atoms with Gasteiger partial charge in [-0.15, -0.1) is 0 Å². The number of esters is 1. The number of hydrogen-bond donors (Lipinski definition) is 0. The summed E-state index contributed by atoms with van der Waals surface area (Å²) in [6, 6.07) is 21.9. The maximum absolute atomic E-state index is 13.0. The number of anilines is 1. The van der Waals surface area contributed by atoms with Crippen molar-refractivity contribution in [2.45, 2.75) is 4.90 Å². The zero-order valence-electron chi connectivity index (χ0n) is 15.5. The second-order valence-corrected chi connectivity index (χ2v) is 8.31. The summed E-state index contributed by atoms with van der Waals surface area (Å²) >= 11 is 0. The Kier molecular flexibility index (Phi) is 4.82. The predicted molar refractivity (Wildman–Crippen MR) is 110 cm³/mol. The maximum Gasteiger partial charge on any atom is 0.379 e. The zero-order chi connectivity index (χ0) is 20.4. The summed E-state index contributed by atoms with van der Waals surface area (Å²) in [5, 5.41) is 1.82. The van der Waals surface area contributed by atoms with Crippen LogP contribution in [-0.4, -0.2) is 21.4 Å². The van der Waals surface area contributed by atoms with E-state index in [1.165, 1.54) is 35.8 Å². The first-order valence-electron chi connectivity index (χ1n) is 8.79. The van der Waals surface area contributed by atoms with Gasteiger partial charge in [0.2, 0.25) is 5.76 Å². The van der Waals surface area contributed by atoms with Crippen molar-refractivity contribution in [1.29, 1.82) is 0 Å². The molecule has 0 unspecified atom stereocenters. The van der Waals surface area contributed by atoms with Crippen LogP contribution in [-0.2, 0) is 10.0 Å². The Hall–Kier alpha value is -3.58. The smallest absolute Gasteiger partial charge is 0.379 e. The molecule has 4 aromatic rings. The summed E-state index contributed by atoms with van der Waals surface area (Å²) < 4.78 is 37.4. The van der Waals surface area contributed by atoms with Crippen molar-refractivity contribution in [3.63, 3.8) is 0 Å². The van der Waals surface area contributed by atoms with E-state index in [1.54, 1.807) is 36.4 Å². The second-order valence-electron chi connectivity index (χ2n) is 6.34. The van der Waals surface area contributed by atoms with Crippen LogP contribution in [0.1, 0.15) is 10.6 Å². The van der Waals surface area contributed by atoms with E-state index in [2.05, 4.69) is 0 Å². The molecule has 146 valence electrons. The van der Waals surface area contributed by atoms with Crippen molar-refractivity contribution in [3.8, 4) is 5.75 Å². The largest absolute Gasteiger partial charge is 0.457 e. The van der Waals surface area contributed by atoms with Gasteiger partial charge in [-0.25, -0.2) is 13.2 Å². The number of sulfonamides is 1. The highest BCUT2D eigenvalue weighted by Crippen LogP contribution is 2.26. The molecule has 0 radical (unpaired) electrons. The first kappa shape index (κ1) is 18.8. The summed E-state index contributed by atoms with van der Waals surface area (Å²) in [6.07, 6.45) is 1.38. The Morgan fingerprint density at radius 3 is 2.31 bits per heavy atom. The number of benzene rings is 3. The molecule has 0 fully saturated rings. The van der Waals surface area contributed by atoms with Gasteiger partial charge in [0.15, 0.2) is 0 Å². The number of rotatable bonds is 5. The number of carbonyl (C=O) groups excluding carboxylic acids is 1. The molecular weight excluding hydrogens is 390 g/mol. The molecule has 3 aromatic carbocycles. The van der Waals surface area contributed by atoms with Crippen molar-refractivity contribution in [2.75, 3.05) is 11.4 Å². The molecule has 0 aliphatic heterocycles. The number of ether oxygens (including phenoxy) is 1. The average Bonchev–Trinajstić information content (AvgIpc) is 3.28. The van der Waals surface area contributed by atoms with Crippen LogP contribution >= 0.6 is 0 Å². The molecule has 29 heavy (non-hydrogen) atoms. The Labute approximate surface area is 168 Å². The highest BCUT2D eigenvalue weighted by Gasteiger charge is 2.22. The molecule has 0 bridgehead atoms. The van der Waals surface area contributed by atoms with Crippen molar-refractivity contribution in [3.05, 3.63) is 90.9 Å². The first-order valence-corrected chi connectivity index (χ1v) is 10.2. The van der Waals surface area contributed by atoms with E-state index in [0.29, 0.717) is 5.69 Å². The minimum atomic E-state index is -3.74.